The minimum Gasteiger partial charge on any atom is -0.506 e. The third kappa shape index (κ3) is 3.99. The number of hydrogen-bond donors (Lipinski definition) is 2. The minimum absolute atomic E-state index is 0.0275. The number of phenols is 1. The molecule has 9 heteroatoms. The number of rotatable bonds is 5. The second kappa shape index (κ2) is 7.63. The van der Waals surface area contributed by atoms with Crippen molar-refractivity contribution in [3.8, 4) is 5.75 Å². The molecule has 1 aromatic carbocycles. The second-order valence-corrected chi connectivity index (χ2v) is 8.55. The number of aromatic hydroxyl groups is 1. The highest BCUT2D eigenvalue weighted by atomic mass is 32.2. The predicted octanol–water partition coefficient (Wildman–Crippen LogP) is 1.13. The van der Waals surface area contributed by atoms with Crippen LogP contribution in [-0.4, -0.2) is 60.7 Å². The molecule has 2 amide bonds. The first-order valence-electron chi connectivity index (χ1n) is 8.79. The molecule has 2 aliphatic rings. The van der Waals surface area contributed by atoms with Crippen LogP contribution < -0.4 is 5.32 Å². The van der Waals surface area contributed by atoms with Crippen molar-refractivity contribution in [1.29, 1.82) is 0 Å². The van der Waals surface area contributed by atoms with Gasteiger partial charge >= 0.3 is 0 Å². The summed E-state index contributed by atoms with van der Waals surface area (Å²) < 4.78 is 26.6. The monoisotopic (exact) mass is 381 g/mol. The number of likely N-dealkylation sites (tertiary alicyclic amines) is 1. The molecule has 0 aromatic heterocycles. The Morgan fingerprint density at radius 2 is 1.81 bits per heavy atom. The molecule has 1 aromatic rings. The lowest BCUT2D eigenvalue weighted by Crippen LogP contribution is -2.40. The highest BCUT2D eigenvalue weighted by Crippen LogP contribution is 2.29. The number of anilines is 1. The fraction of sp³-hybridized carbons (Fsp3) is 0.529. The van der Waals surface area contributed by atoms with Crippen LogP contribution in [0.15, 0.2) is 23.1 Å². The number of piperidine rings is 1. The number of phenolic OH excluding ortho intramolecular Hbond substituents is 1. The Kier molecular flexibility index (Phi) is 5.47. The highest BCUT2D eigenvalue weighted by molar-refractivity contribution is 7.89. The van der Waals surface area contributed by atoms with Crippen LogP contribution in [-0.2, 0) is 19.6 Å². The molecule has 0 unspecified atom stereocenters. The Morgan fingerprint density at radius 3 is 2.50 bits per heavy atom. The van der Waals surface area contributed by atoms with Gasteiger partial charge in [-0.1, -0.05) is 0 Å². The van der Waals surface area contributed by atoms with Crippen molar-refractivity contribution in [2.45, 2.75) is 37.0 Å². The number of amides is 2. The van der Waals surface area contributed by atoms with E-state index in [1.165, 1.54) is 27.4 Å². The number of hydrogen-bond acceptors (Lipinski definition) is 5. The number of carbonyl (C=O) groups excluding carboxylic acids is 2. The Balaban J connectivity index is 1.73. The maximum Gasteiger partial charge on any atom is 0.244 e. The molecule has 2 aliphatic heterocycles. The van der Waals surface area contributed by atoms with Gasteiger partial charge in [-0.2, -0.15) is 4.31 Å². The van der Waals surface area contributed by atoms with Gasteiger partial charge in [0.05, 0.1) is 17.1 Å². The van der Waals surface area contributed by atoms with Gasteiger partial charge in [0, 0.05) is 26.1 Å². The van der Waals surface area contributed by atoms with Crippen LogP contribution in [0.2, 0.25) is 0 Å². The molecular weight excluding hydrogens is 358 g/mol. The molecule has 2 fully saturated rings. The zero-order chi connectivity index (χ0) is 18.7. The molecule has 2 N–H and O–H groups in total. The van der Waals surface area contributed by atoms with Crippen LogP contribution in [0, 0.1) is 0 Å². The van der Waals surface area contributed by atoms with Crippen molar-refractivity contribution < 1.29 is 23.1 Å². The van der Waals surface area contributed by atoms with E-state index in [1.54, 1.807) is 0 Å². The summed E-state index contributed by atoms with van der Waals surface area (Å²) >= 11 is 0. The van der Waals surface area contributed by atoms with Gasteiger partial charge in [-0.3, -0.25) is 9.59 Å². The van der Waals surface area contributed by atoms with E-state index in [2.05, 4.69) is 5.32 Å². The van der Waals surface area contributed by atoms with Crippen molar-refractivity contribution in [2.75, 3.05) is 31.5 Å². The molecule has 0 spiro atoms. The van der Waals surface area contributed by atoms with Gasteiger partial charge in [-0.15, -0.1) is 0 Å². The van der Waals surface area contributed by atoms with Crippen LogP contribution in [0.1, 0.15) is 32.1 Å². The van der Waals surface area contributed by atoms with E-state index in [0.29, 0.717) is 26.1 Å². The van der Waals surface area contributed by atoms with Gasteiger partial charge in [-0.25, -0.2) is 8.42 Å². The fourth-order valence-corrected chi connectivity index (χ4v) is 4.79. The number of sulfonamides is 1. The Hall–Kier alpha value is -2.13. The minimum atomic E-state index is -3.64. The normalized spacial score (nSPS) is 18.9. The number of nitrogens with one attached hydrogen (secondary N) is 1. The number of carbonyl (C=O) groups is 2. The van der Waals surface area contributed by atoms with Crippen LogP contribution in [0.3, 0.4) is 0 Å². The first-order valence-corrected chi connectivity index (χ1v) is 10.2. The molecule has 2 heterocycles. The number of nitrogens with zero attached hydrogens (tertiary/aromatic N) is 2. The lowest BCUT2D eigenvalue weighted by atomic mass is 10.1. The summed E-state index contributed by atoms with van der Waals surface area (Å²) in [4.78, 5) is 25.5. The summed E-state index contributed by atoms with van der Waals surface area (Å²) in [6, 6.07) is 3.84. The van der Waals surface area contributed by atoms with E-state index in [9.17, 15) is 23.1 Å². The topological polar surface area (TPSA) is 107 Å². The first-order chi connectivity index (χ1) is 12.4. The molecule has 26 heavy (non-hydrogen) atoms. The van der Waals surface area contributed by atoms with Crippen molar-refractivity contribution in [1.82, 2.24) is 9.21 Å². The molecule has 0 aliphatic carbocycles. The van der Waals surface area contributed by atoms with E-state index in [4.69, 9.17) is 0 Å². The molecule has 0 radical (unpaired) electrons. The third-order valence-electron chi connectivity index (χ3n) is 4.70. The molecular formula is C17H23N3O5S. The average molecular weight is 381 g/mol. The van der Waals surface area contributed by atoms with E-state index in [0.717, 1.165) is 25.7 Å². The van der Waals surface area contributed by atoms with Gasteiger partial charge in [0.15, 0.2) is 0 Å². The Bertz CT molecular complexity index is 803. The average Bonchev–Trinajstić information content (AvgIpc) is 3.14. The maximum atomic E-state index is 12.6. The van der Waals surface area contributed by atoms with Gasteiger partial charge in [0.25, 0.3) is 0 Å². The summed E-state index contributed by atoms with van der Waals surface area (Å²) in [5.74, 6) is -0.754. The molecule has 0 bridgehead atoms. The molecule has 2 saturated heterocycles. The molecule has 8 nitrogen and oxygen atoms in total. The van der Waals surface area contributed by atoms with Crippen molar-refractivity contribution in [3.63, 3.8) is 0 Å². The van der Waals surface area contributed by atoms with Crippen LogP contribution in [0.5, 0.6) is 5.75 Å². The van der Waals surface area contributed by atoms with E-state index >= 15 is 0 Å². The SMILES string of the molecule is O=C(CN1CCCCC1=O)Nc1cc(S(=O)(=O)N2CCCC2)ccc1O. The zero-order valence-corrected chi connectivity index (χ0v) is 15.3. The summed E-state index contributed by atoms with van der Waals surface area (Å²) in [7, 11) is -3.64. The Morgan fingerprint density at radius 1 is 1.12 bits per heavy atom. The highest BCUT2D eigenvalue weighted by Gasteiger charge is 2.28. The first kappa shape index (κ1) is 18.7. The van der Waals surface area contributed by atoms with Gasteiger partial charge in [0.1, 0.15) is 5.75 Å². The van der Waals surface area contributed by atoms with Crippen molar-refractivity contribution >= 4 is 27.5 Å². The molecule has 142 valence electrons. The largest absolute Gasteiger partial charge is 0.506 e. The summed E-state index contributed by atoms with van der Waals surface area (Å²) in [5.41, 5.74) is 0.0275. The van der Waals surface area contributed by atoms with Gasteiger partial charge in [0.2, 0.25) is 21.8 Å². The summed E-state index contributed by atoms with van der Waals surface area (Å²) in [6.45, 7) is 1.37. The number of benzene rings is 1. The zero-order valence-electron chi connectivity index (χ0n) is 14.5. The second-order valence-electron chi connectivity index (χ2n) is 6.61. The van der Waals surface area contributed by atoms with Gasteiger partial charge < -0.3 is 15.3 Å². The van der Waals surface area contributed by atoms with Crippen LogP contribution in [0.4, 0.5) is 5.69 Å². The summed E-state index contributed by atoms with van der Waals surface area (Å²) in [5, 5.41) is 12.5. The van der Waals surface area contributed by atoms with Crippen molar-refractivity contribution in [3.05, 3.63) is 18.2 Å². The van der Waals surface area contributed by atoms with E-state index < -0.39 is 15.9 Å². The van der Waals surface area contributed by atoms with Gasteiger partial charge in [-0.05, 0) is 43.9 Å². The maximum absolute atomic E-state index is 12.6. The predicted molar refractivity (Wildman–Crippen MR) is 95.2 cm³/mol. The van der Waals surface area contributed by atoms with E-state index in [-0.39, 0.29) is 28.8 Å². The Labute approximate surface area is 152 Å². The van der Waals surface area contributed by atoms with Crippen molar-refractivity contribution in [2.24, 2.45) is 0 Å². The standard InChI is InChI=1S/C17H23N3O5S/c21-15-7-6-13(26(24,25)20-9-3-4-10-20)11-14(15)18-16(22)12-19-8-2-1-5-17(19)23/h6-7,11,21H,1-5,8-10,12H2,(H,18,22). The lowest BCUT2D eigenvalue weighted by Gasteiger charge is -2.26. The molecule has 0 atom stereocenters. The third-order valence-corrected chi connectivity index (χ3v) is 6.60. The molecule has 3 rings (SSSR count). The fourth-order valence-electron chi connectivity index (χ4n) is 3.25. The smallest absolute Gasteiger partial charge is 0.244 e. The van der Waals surface area contributed by atoms with Crippen LogP contribution >= 0.6 is 0 Å². The quantitative estimate of drug-likeness (QED) is 0.744. The summed E-state index contributed by atoms with van der Waals surface area (Å²) in [6.07, 6.45) is 3.76. The van der Waals surface area contributed by atoms with Crippen LogP contribution in [0.25, 0.3) is 0 Å². The van der Waals surface area contributed by atoms with E-state index in [1.807, 2.05) is 0 Å². The lowest BCUT2D eigenvalue weighted by molar-refractivity contribution is -0.136. The molecule has 0 saturated carbocycles.